The minimum atomic E-state index is -0.893. The lowest BCUT2D eigenvalue weighted by atomic mass is 10.3. The number of ether oxygens (including phenoxy) is 1. The Hall–Kier alpha value is -2.31. The number of benzene rings is 1. The first-order valence-electron chi connectivity index (χ1n) is 6.20. The highest BCUT2D eigenvalue weighted by Crippen LogP contribution is 2.11. The van der Waals surface area contributed by atoms with Gasteiger partial charge in [0.25, 0.3) is 0 Å². The fraction of sp³-hybridized carbons (Fsp3) is 0.385. The molecule has 0 bridgehead atoms. The number of urea groups is 1. The highest BCUT2D eigenvalue weighted by Gasteiger charge is 2.01. The molecule has 20 heavy (non-hydrogen) atoms. The smallest absolute Gasteiger partial charge is 0.314 e. The summed E-state index contributed by atoms with van der Waals surface area (Å²) in [5.41, 5.74) is 0. The van der Waals surface area contributed by atoms with Crippen LogP contribution in [0.3, 0.4) is 0 Å². The van der Waals surface area contributed by atoms with E-state index in [4.69, 9.17) is 9.84 Å². The van der Waals surface area contributed by atoms with Gasteiger partial charge < -0.3 is 20.5 Å². The predicted octanol–water partition coefficient (Wildman–Crippen LogP) is 1.37. The Balaban J connectivity index is 2.06. The monoisotopic (exact) mass is 284 g/mol. The van der Waals surface area contributed by atoms with Gasteiger partial charge in [0.15, 0.2) is 0 Å². The summed E-state index contributed by atoms with van der Waals surface area (Å²) < 4.78 is 18.1. The molecule has 0 spiro atoms. The number of hydrogen-bond donors (Lipinski definition) is 3. The maximum Gasteiger partial charge on any atom is 0.314 e. The second-order valence-corrected chi connectivity index (χ2v) is 3.99. The first kappa shape index (κ1) is 15.7. The Labute approximate surface area is 115 Å². The summed E-state index contributed by atoms with van der Waals surface area (Å²) in [6, 6.07) is 5.34. The van der Waals surface area contributed by atoms with Gasteiger partial charge >= 0.3 is 12.0 Å². The lowest BCUT2D eigenvalue weighted by molar-refractivity contribution is -0.137. The zero-order valence-electron chi connectivity index (χ0n) is 10.9. The van der Waals surface area contributed by atoms with Crippen LogP contribution in [0.15, 0.2) is 24.3 Å². The quantitative estimate of drug-likeness (QED) is 0.629. The highest BCUT2D eigenvalue weighted by atomic mass is 19.1. The second kappa shape index (κ2) is 8.73. The number of carbonyl (C=O) groups excluding carboxylic acids is 1. The standard InChI is InChI=1S/C13H17FN2O4/c14-10-3-1-4-11(9-10)20-8-7-16-13(19)15-6-2-5-12(17)18/h1,3-4,9H,2,5-8H2,(H,17,18)(H2,15,16,19). The third-order valence-corrected chi connectivity index (χ3v) is 2.31. The van der Waals surface area contributed by atoms with E-state index >= 15 is 0 Å². The van der Waals surface area contributed by atoms with Crippen molar-refractivity contribution in [2.75, 3.05) is 19.7 Å². The fourth-order valence-corrected chi connectivity index (χ4v) is 1.39. The van der Waals surface area contributed by atoms with E-state index < -0.39 is 12.0 Å². The van der Waals surface area contributed by atoms with Crippen LogP contribution >= 0.6 is 0 Å². The number of nitrogens with one attached hydrogen (secondary N) is 2. The summed E-state index contributed by atoms with van der Waals surface area (Å²) in [4.78, 5) is 21.5. The summed E-state index contributed by atoms with van der Waals surface area (Å²) in [6.45, 7) is 0.774. The van der Waals surface area contributed by atoms with Crippen LogP contribution in [0.25, 0.3) is 0 Å². The van der Waals surface area contributed by atoms with E-state index in [9.17, 15) is 14.0 Å². The predicted molar refractivity (Wildman–Crippen MR) is 70.2 cm³/mol. The summed E-state index contributed by atoms with van der Waals surface area (Å²) in [5, 5.41) is 13.5. The van der Waals surface area contributed by atoms with E-state index in [1.54, 1.807) is 6.07 Å². The summed E-state index contributed by atoms with van der Waals surface area (Å²) in [5.74, 6) is -0.879. The van der Waals surface area contributed by atoms with Gasteiger partial charge in [0.05, 0.1) is 6.54 Å². The molecular formula is C13H17FN2O4. The zero-order chi connectivity index (χ0) is 14.8. The summed E-state index contributed by atoms with van der Waals surface area (Å²) >= 11 is 0. The average Bonchev–Trinajstić information content (AvgIpc) is 2.40. The topological polar surface area (TPSA) is 87.7 Å². The van der Waals surface area contributed by atoms with Crippen LogP contribution < -0.4 is 15.4 Å². The van der Waals surface area contributed by atoms with Gasteiger partial charge in [-0.05, 0) is 18.6 Å². The molecule has 1 aromatic rings. The first-order chi connectivity index (χ1) is 9.58. The molecule has 0 aliphatic rings. The van der Waals surface area contributed by atoms with Crippen molar-refractivity contribution >= 4 is 12.0 Å². The summed E-state index contributed by atoms with van der Waals surface area (Å²) in [7, 11) is 0. The molecule has 0 aliphatic carbocycles. The van der Waals surface area contributed by atoms with Gasteiger partial charge in [-0.25, -0.2) is 9.18 Å². The molecule has 0 heterocycles. The number of carboxylic acid groups (broad SMARTS) is 1. The Kier molecular flexibility index (Phi) is 6.88. The molecule has 0 saturated carbocycles. The molecule has 0 aromatic heterocycles. The van der Waals surface area contributed by atoms with Crippen molar-refractivity contribution in [1.29, 1.82) is 0 Å². The summed E-state index contributed by atoms with van der Waals surface area (Å²) in [6.07, 6.45) is 0.394. The van der Waals surface area contributed by atoms with Gasteiger partial charge in [-0.2, -0.15) is 0 Å². The number of carboxylic acids is 1. The average molecular weight is 284 g/mol. The molecular weight excluding hydrogens is 267 g/mol. The van der Waals surface area contributed by atoms with Gasteiger partial charge in [0.2, 0.25) is 0 Å². The zero-order valence-corrected chi connectivity index (χ0v) is 10.9. The Bertz CT molecular complexity index is 454. The number of carbonyl (C=O) groups is 2. The molecule has 3 N–H and O–H groups in total. The highest BCUT2D eigenvalue weighted by molar-refractivity contribution is 5.73. The van der Waals surface area contributed by atoms with Gasteiger partial charge in [-0.3, -0.25) is 4.79 Å². The van der Waals surface area contributed by atoms with Crippen LogP contribution in [0.1, 0.15) is 12.8 Å². The Morgan fingerprint density at radius 3 is 2.70 bits per heavy atom. The van der Waals surface area contributed by atoms with Gasteiger partial charge in [0.1, 0.15) is 18.2 Å². The van der Waals surface area contributed by atoms with Crippen molar-refractivity contribution in [1.82, 2.24) is 10.6 Å². The van der Waals surface area contributed by atoms with E-state index in [1.807, 2.05) is 0 Å². The van der Waals surface area contributed by atoms with E-state index in [1.165, 1.54) is 18.2 Å². The van der Waals surface area contributed by atoms with Crippen LogP contribution in [-0.2, 0) is 4.79 Å². The first-order valence-corrected chi connectivity index (χ1v) is 6.20. The molecule has 0 radical (unpaired) electrons. The Morgan fingerprint density at radius 2 is 2.00 bits per heavy atom. The van der Waals surface area contributed by atoms with Crippen molar-refractivity contribution in [2.24, 2.45) is 0 Å². The molecule has 0 saturated heterocycles. The Morgan fingerprint density at radius 1 is 1.25 bits per heavy atom. The van der Waals surface area contributed by atoms with Gasteiger partial charge in [0, 0.05) is 19.0 Å². The number of rotatable bonds is 8. The van der Waals surface area contributed by atoms with Crippen molar-refractivity contribution in [2.45, 2.75) is 12.8 Å². The van der Waals surface area contributed by atoms with Crippen LogP contribution in [0.4, 0.5) is 9.18 Å². The SMILES string of the molecule is O=C(O)CCCNC(=O)NCCOc1cccc(F)c1. The largest absolute Gasteiger partial charge is 0.492 e. The number of hydrogen-bond acceptors (Lipinski definition) is 3. The molecule has 110 valence electrons. The third kappa shape index (κ3) is 7.20. The molecule has 0 atom stereocenters. The van der Waals surface area contributed by atoms with Gasteiger partial charge in [-0.1, -0.05) is 6.07 Å². The minimum Gasteiger partial charge on any atom is -0.492 e. The number of aliphatic carboxylic acids is 1. The third-order valence-electron chi connectivity index (χ3n) is 2.31. The van der Waals surface area contributed by atoms with Crippen molar-refractivity contribution in [3.8, 4) is 5.75 Å². The molecule has 7 heteroatoms. The van der Waals surface area contributed by atoms with E-state index in [2.05, 4.69) is 10.6 Å². The molecule has 1 aromatic carbocycles. The van der Waals surface area contributed by atoms with E-state index in [0.29, 0.717) is 18.7 Å². The van der Waals surface area contributed by atoms with E-state index in [-0.39, 0.29) is 25.4 Å². The lowest BCUT2D eigenvalue weighted by Crippen LogP contribution is -2.38. The molecule has 6 nitrogen and oxygen atoms in total. The number of amides is 2. The van der Waals surface area contributed by atoms with Crippen molar-refractivity contribution in [3.05, 3.63) is 30.1 Å². The molecule has 1 rings (SSSR count). The van der Waals surface area contributed by atoms with E-state index in [0.717, 1.165) is 0 Å². The fourth-order valence-electron chi connectivity index (χ4n) is 1.39. The van der Waals surface area contributed by atoms with Gasteiger partial charge in [-0.15, -0.1) is 0 Å². The lowest BCUT2D eigenvalue weighted by Gasteiger charge is -2.08. The van der Waals surface area contributed by atoms with Crippen LogP contribution in [-0.4, -0.2) is 36.8 Å². The maximum absolute atomic E-state index is 12.8. The normalized spacial score (nSPS) is 9.85. The van der Waals surface area contributed by atoms with Crippen LogP contribution in [0, 0.1) is 5.82 Å². The number of halogens is 1. The minimum absolute atomic E-state index is 0.0168. The molecule has 0 aliphatic heterocycles. The van der Waals surface area contributed by atoms with Crippen LogP contribution in [0.2, 0.25) is 0 Å². The van der Waals surface area contributed by atoms with Crippen molar-refractivity contribution in [3.63, 3.8) is 0 Å². The maximum atomic E-state index is 12.8. The molecule has 2 amide bonds. The second-order valence-electron chi connectivity index (χ2n) is 3.99. The molecule has 0 unspecified atom stereocenters. The van der Waals surface area contributed by atoms with Crippen molar-refractivity contribution < 1.29 is 23.8 Å². The van der Waals surface area contributed by atoms with Crippen LogP contribution in [0.5, 0.6) is 5.75 Å². The molecule has 0 fully saturated rings.